The summed E-state index contributed by atoms with van der Waals surface area (Å²) in [6.45, 7) is 4.74. The number of hydrogen-bond donors (Lipinski definition) is 0. The molecular weight excluding hydrogens is 715 g/mol. The summed E-state index contributed by atoms with van der Waals surface area (Å²) >= 11 is 0. The van der Waals surface area contributed by atoms with Gasteiger partial charge in [0.15, 0.2) is 5.82 Å². The molecule has 0 atom stereocenters. The second kappa shape index (κ2) is 13.9. The van der Waals surface area contributed by atoms with Gasteiger partial charge in [-0.1, -0.05) is 178 Å². The van der Waals surface area contributed by atoms with Gasteiger partial charge in [-0.25, -0.2) is 9.97 Å². The Morgan fingerprint density at radius 2 is 0.915 bits per heavy atom. The van der Waals surface area contributed by atoms with Crippen LogP contribution < -0.4 is 0 Å². The molecule has 10 aromatic rings. The van der Waals surface area contributed by atoms with Gasteiger partial charge in [-0.2, -0.15) is 0 Å². The van der Waals surface area contributed by atoms with Crippen LogP contribution >= 0.6 is 0 Å². The highest BCUT2D eigenvalue weighted by molar-refractivity contribution is 6.04. The molecule has 0 radical (unpaired) electrons. The van der Waals surface area contributed by atoms with E-state index >= 15 is 0 Å². The van der Waals surface area contributed by atoms with Crippen molar-refractivity contribution in [1.82, 2.24) is 15.0 Å². The third-order valence-electron chi connectivity index (χ3n) is 12.2. The average Bonchev–Trinajstić information content (AvgIpc) is 3.54. The van der Waals surface area contributed by atoms with Crippen molar-refractivity contribution in [2.24, 2.45) is 0 Å². The zero-order valence-electron chi connectivity index (χ0n) is 32.9. The van der Waals surface area contributed by atoms with Gasteiger partial charge in [0.1, 0.15) is 0 Å². The van der Waals surface area contributed by atoms with Crippen molar-refractivity contribution in [1.29, 1.82) is 0 Å². The average molecular weight is 754 g/mol. The lowest BCUT2D eigenvalue weighted by molar-refractivity contribution is 0.666. The highest BCUT2D eigenvalue weighted by atomic mass is 14.9. The fraction of sp³-hybridized carbons (Fsp3) is 0.0536. The van der Waals surface area contributed by atoms with E-state index in [1.807, 2.05) is 18.3 Å². The molecule has 8 aromatic carbocycles. The first-order valence-corrected chi connectivity index (χ1v) is 20.2. The first-order valence-electron chi connectivity index (χ1n) is 20.2. The van der Waals surface area contributed by atoms with E-state index < -0.39 is 0 Å². The lowest BCUT2D eigenvalue weighted by Gasteiger charge is -2.23. The minimum absolute atomic E-state index is 0.0991. The number of fused-ring (bicyclic) bond motifs is 6. The van der Waals surface area contributed by atoms with Crippen molar-refractivity contribution in [3.8, 4) is 78.4 Å². The number of aromatic nitrogens is 3. The molecule has 278 valence electrons. The van der Waals surface area contributed by atoms with E-state index in [-0.39, 0.29) is 5.41 Å². The zero-order valence-corrected chi connectivity index (χ0v) is 32.9. The number of nitrogens with zero attached hydrogens (tertiary/aromatic N) is 3. The lowest BCUT2D eigenvalue weighted by atomic mass is 9.79. The summed E-state index contributed by atoms with van der Waals surface area (Å²) in [7, 11) is 0. The van der Waals surface area contributed by atoms with Gasteiger partial charge in [0, 0.05) is 34.5 Å². The van der Waals surface area contributed by atoms with Gasteiger partial charge in [-0.15, -0.1) is 0 Å². The van der Waals surface area contributed by atoms with E-state index in [1.165, 1.54) is 55.3 Å². The standard InChI is InChI=1S/C56H39N3/c1-56(2)51-33-42(27-28-48(51)49-29-26-38-11-6-7-15-45(38)54(49)56)36-18-22-39(23-19-36)44-30-31-50(47-17-9-8-16-46(44)47)55-58-52(40-12-4-3-5-13-40)34-53(59-55)41-24-20-37(21-25-41)43-14-10-32-57-35-43/h3-35H,1-2H3. The Kier molecular flexibility index (Phi) is 8.16. The number of benzene rings is 8. The summed E-state index contributed by atoms with van der Waals surface area (Å²) in [5, 5.41) is 4.92. The molecule has 2 aromatic heterocycles. The van der Waals surface area contributed by atoms with Gasteiger partial charge in [-0.05, 0) is 101 Å². The Hall–Kier alpha value is -7.49. The van der Waals surface area contributed by atoms with Crippen LogP contribution in [-0.4, -0.2) is 15.0 Å². The van der Waals surface area contributed by atoms with Crippen molar-refractivity contribution < 1.29 is 0 Å². The van der Waals surface area contributed by atoms with E-state index in [9.17, 15) is 0 Å². The van der Waals surface area contributed by atoms with Crippen LogP contribution in [0.5, 0.6) is 0 Å². The van der Waals surface area contributed by atoms with E-state index in [0.717, 1.165) is 50.0 Å². The van der Waals surface area contributed by atoms with Gasteiger partial charge >= 0.3 is 0 Å². The molecule has 0 unspecified atom stereocenters. The fourth-order valence-corrected chi connectivity index (χ4v) is 9.21. The molecule has 3 nitrogen and oxygen atoms in total. The summed E-state index contributed by atoms with van der Waals surface area (Å²) in [4.78, 5) is 14.8. The highest BCUT2D eigenvalue weighted by Gasteiger charge is 2.37. The quantitative estimate of drug-likeness (QED) is 0.170. The third-order valence-corrected chi connectivity index (χ3v) is 12.2. The van der Waals surface area contributed by atoms with Gasteiger partial charge in [0.25, 0.3) is 0 Å². The molecule has 0 bridgehead atoms. The molecule has 2 heterocycles. The van der Waals surface area contributed by atoms with Crippen LogP contribution in [0, 0.1) is 0 Å². The van der Waals surface area contributed by atoms with Gasteiger partial charge in [-0.3, -0.25) is 4.98 Å². The summed E-state index contributed by atoms with van der Waals surface area (Å²) in [5.41, 5.74) is 17.2. The minimum Gasteiger partial charge on any atom is -0.264 e. The zero-order chi connectivity index (χ0) is 39.5. The van der Waals surface area contributed by atoms with Crippen LogP contribution in [-0.2, 0) is 5.41 Å². The predicted octanol–water partition coefficient (Wildman–Crippen LogP) is 14.5. The molecule has 11 rings (SSSR count). The molecule has 0 saturated carbocycles. The Bertz CT molecular complexity index is 3200. The molecule has 0 N–H and O–H groups in total. The molecule has 3 heteroatoms. The maximum Gasteiger partial charge on any atom is 0.161 e. The SMILES string of the molecule is CC1(C)c2cc(-c3ccc(-c4ccc(-c5nc(-c6ccccc6)cc(-c6ccc(-c7cccnc7)cc6)n5)c5ccccc45)cc3)ccc2-c2ccc3ccccc3c21. The van der Waals surface area contributed by atoms with Gasteiger partial charge < -0.3 is 0 Å². The van der Waals surface area contributed by atoms with Crippen molar-refractivity contribution >= 4 is 21.5 Å². The van der Waals surface area contributed by atoms with Crippen molar-refractivity contribution in [3.63, 3.8) is 0 Å². The first kappa shape index (κ1) is 34.7. The van der Waals surface area contributed by atoms with Crippen LogP contribution in [0.2, 0.25) is 0 Å². The number of pyridine rings is 1. The highest BCUT2D eigenvalue weighted by Crippen LogP contribution is 2.52. The molecule has 1 aliphatic carbocycles. The largest absolute Gasteiger partial charge is 0.264 e. The van der Waals surface area contributed by atoms with E-state index in [1.54, 1.807) is 6.20 Å². The summed E-state index contributed by atoms with van der Waals surface area (Å²) in [5.74, 6) is 0.700. The fourth-order valence-electron chi connectivity index (χ4n) is 9.21. The maximum atomic E-state index is 5.24. The molecular formula is C56H39N3. The van der Waals surface area contributed by atoms with Crippen LogP contribution in [0.25, 0.3) is 100.0 Å². The molecule has 0 fully saturated rings. The van der Waals surface area contributed by atoms with Crippen LogP contribution in [0.15, 0.2) is 200 Å². The third kappa shape index (κ3) is 5.94. The maximum absolute atomic E-state index is 5.24. The lowest BCUT2D eigenvalue weighted by Crippen LogP contribution is -2.15. The Morgan fingerprint density at radius 1 is 0.373 bits per heavy atom. The van der Waals surface area contributed by atoms with Crippen molar-refractivity contribution in [3.05, 3.63) is 212 Å². The normalized spacial score (nSPS) is 12.7. The molecule has 0 aliphatic heterocycles. The summed E-state index contributed by atoms with van der Waals surface area (Å²) in [6.07, 6.45) is 3.69. The second-order valence-corrected chi connectivity index (χ2v) is 16.0. The number of rotatable bonds is 6. The Balaban J connectivity index is 0.957. The topological polar surface area (TPSA) is 38.7 Å². The second-order valence-electron chi connectivity index (χ2n) is 16.0. The Morgan fingerprint density at radius 3 is 1.64 bits per heavy atom. The number of hydrogen-bond acceptors (Lipinski definition) is 3. The monoisotopic (exact) mass is 753 g/mol. The van der Waals surface area contributed by atoms with E-state index in [4.69, 9.17) is 9.97 Å². The molecule has 1 aliphatic rings. The van der Waals surface area contributed by atoms with Crippen LogP contribution in [0.3, 0.4) is 0 Å². The summed E-state index contributed by atoms with van der Waals surface area (Å²) in [6, 6.07) is 67.5. The smallest absolute Gasteiger partial charge is 0.161 e. The van der Waals surface area contributed by atoms with Crippen molar-refractivity contribution in [2.75, 3.05) is 0 Å². The van der Waals surface area contributed by atoms with Crippen LogP contribution in [0.4, 0.5) is 0 Å². The predicted molar refractivity (Wildman–Crippen MR) is 245 cm³/mol. The van der Waals surface area contributed by atoms with Crippen molar-refractivity contribution in [2.45, 2.75) is 19.3 Å². The van der Waals surface area contributed by atoms with Gasteiger partial charge in [0.2, 0.25) is 0 Å². The molecule has 0 amide bonds. The minimum atomic E-state index is -0.0991. The molecule has 0 spiro atoms. The van der Waals surface area contributed by atoms with E-state index in [0.29, 0.717) is 5.82 Å². The van der Waals surface area contributed by atoms with Crippen LogP contribution in [0.1, 0.15) is 25.0 Å². The van der Waals surface area contributed by atoms with Gasteiger partial charge in [0.05, 0.1) is 11.4 Å². The van der Waals surface area contributed by atoms with E-state index in [2.05, 4.69) is 195 Å². The first-order chi connectivity index (χ1) is 29.0. The molecule has 59 heavy (non-hydrogen) atoms. The Labute approximate surface area is 344 Å². The summed E-state index contributed by atoms with van der Waals surface area (Å²) < 4.78 is 0. The molecule has 0 saturated heterocycles.